The second kappa shape index (κ2) is 6.42. The van der Waals surface area contributed by atoms with E-state index in [4.69, 9.17) is 4.74 Å². The quantitative estimate of drug-likeness (QED) is 0.720. The van der Waals surface area contributed by atoms with Crippen LogP contribution in [-0.2, 0) is 25.8 Å². The van der Waals surface area contributed by atoms with Crippen molar-refractivity contribution in [2.45, 2.75) is 49.5 Å². The van der Waals surface area contributed by atoms with Gasteiger partial charge in [0.1, 0.15) is 0 Å². The average Bonchev–Trinajstić information content (AvgIpc) is 2.93. The standard InChI is InChI=1S/C22H25NO4S/c1-21(2,3)16-9-11-17(12-10-16)28(25,26)23-14-6-13-22(15-23)19-8-5-4-7-18(19)20(24)27-22/h4-5,7-12H,6,13-15H2,1-3H3. The lowest BCUT2D eigenvalue weighted by molar-refractivity contribution is -0.0345. The number of ether oxygens (including phenoxy) is 1. The molecule has 0 amide bonds. The summed E-state index contributed by atoms with van der Waals surface area (Å²) in [6, 6.07) is 14.4. The Labute approximate surface area is 166 Å². The van der Waals surface area contributed by atoms with Gasteiger partial charge in [0.05, 0.1) is 17.0 Å². The predicted molar refractivity (Wildman–Crippen MR) is 107 cm³/mol. The lowest BCUT2D eigenvalue weighted by Crippen LogP contribution is -2.48. The lowest BCUT2D eigenvalue weighted by atomic mass is 9.86. The van der Waals surface area contributed by atoms with Gasteiger partial charge in [0, 0.05) is 12.1 Å². The summed E-state index contributed by atoms with van der Waals surface area (Å²) in [7, 11) is -3.67. The summed E-state index contributed by atoms with van der Waals surface area (Å²) in [5.74, 6) is -0.371. The first kappa shape index (κ1) is 19.2. The number of rotatable bonds is 2. The zero-order chi connectivity index (χ0) is 20.2. The van der Waals surface area contributed by atoms with Crippen LogP contribution in [0, 0.1) is 0 Å². The van der Waals surface area contributed by atoms with Gasteiger partial charge in [-0.2, -0.15) is 4.31 Å². The molecule has 6 heteroatoms. The second-order valence-electron chi connectivity index (χ2n) is 8.65. The summed E-state index contributed by atoms with van der Waals surface area (Å²) >= 11 is 0. The molecular formula is C22H25NO4S. The van der Waals surface area contributed by atoms with Gasteiger partial charge in [-0.1, -0.05) is 51.1 Å². The molecule has 1 atom stereocenters. The molecule has 28 heavy (non-hydrogen) atoms. The van der Waals surface area contributed by atoms with Gasteiger partial charge < -0.3 is 4.74 Å². The van der Waals surface area contributed by atoms with Gasteiger partial charge in [-0.25, -0.2) is 13.2 Å². The molecule has 1 fully saturated rings. The molecule has 1 unspecified atom stereocenters. The van der Waals surface area contributed by atoms with Crippen molar-refractivity contribution in [1.82, 2.24) is 4.31 Å². The third kappa shape index (κ3) is 3.05. The zero-order valence-electron chi connectivity index (χ0n) is 16.4. The molecule has 2 aromatic rings. The summed E-state index contributed by atoms with van der Waals surface area (Å²) < 4.78 is 33.7. The van der Waals surface area contributed by atoms with Gasteiger partial charge in [0.25, 0.3) is 0 Å². The Bertz CT molecular complexity index is 1020. The minimum atomic E-state index is -3.67. The Morgan fingerprint density at radius 1 is 1.04 bits per heavy atom. The Kier molecular flexibility index (Phi) is 4.39. The maximum Gasteiger partial charge on any atom is 0.339 e. The Morgan fingerprint density at radius 2 is 1.71 bits per heavy atom. The second-order valence-corrected chi connectivity index (χ2v) is 10.6. The van der Waals surface area contributed by atoms with Crippen LogP contribution in [0.3, 0.4) is 0 Å². The highest BCUT2D eigenvalue weighted by Crippen LogP contribution is 2.43. The lowest BCUT2D eigenvalue weighted by Gasteiger charge is -2.38. The van der Waals surface area contributed by atoms with Gasteiger partial charge in [-0.3, -0.25) is 0 Å². The molecular weight excluding hydrogens is 374 g/mol. The smallest absolute Gasteiger partial charge is 0.339 e. The number of sulfonamides is 1. The van der Waals surface area contributed by atoms with Crippen LogP contribution in [0.15, 0.2) is 53.4 Å². The number of fused-ring (bicyclic) bond motifs is 2. The van der Waals surface area contributed by atoms with Crippen LogP contribution in [0.1, 0.15) is 55.1 Å². The molecule has 0 radical (unpaired) electrons. The van der Waals surface area contributed by atoms with E-state index in [-0.39, 0.29) is 22.8 Å². The number of hydrogen-bond donors (Lipinski definition) is 0. The summed E-state index contributed by atoms with van der Waals surface area (Å²) in [6.07, 6.45) is 1.27. The van der Waals surface area contributed by atoms with E-state index >= 15 is 0 Å². The van der Waals surface area contributed by atoms with Gasteiger partial charge in [0.15, 0.2) is 5.60 Å². The van der Waals surface area contributed by atoms with Crippen molar-refractivity contribution in [3.8, 4) is 0 Å². The number of piperidine rings is 1. The van der Waals surface area contributed by atoms with Crippen molar-refractivity contribution in [2.75, 3.05) is 13.1 Å². The summed E-state index contributed by atoms with van der Waals surface area (Å²) in [4.78, 5) is 12.6. The van der Waals surface area contributed by atoms with Crippen LogP contribution >= 0.6 is 0 Å². The Hall–Kier alpha value is -2.18. The highest BCUT2D eigenvalue weighted by atomic mass is 32.2. The van der Waals surface area contributed by atoms with E-state index < -0.39 is 15.6 Å². The van der Waals surface area contributed by atoms with E-state index in [9.17, 15) is 13.2 Å². The van der Waals surface area contributed by atoms with E-state index in [1.807, 2.05) is 24.3 Å². The summed E-state index contributed by atoms with van der Waals surface area (Å²) in [5, 5.41) is 0. The number of esters is 1. The average molecular weight is 400 g/mol. The molecule has 1 spiro atoms. The minimum absolute atomic E-state index is 0.0424. The van der Waals surface area contributed by atoms with E-state index in [0.717, 1.165) is 11.1 Å². The van der Waals surface area contributed by atoms with E-state index in [0.29, 0.717) is 24.9 Å². The van der Waals surface area contributed by atoms with Gasteiger partial charge in [0.2, 0.25) is 10.0 Å². The van der Waals surface area contributed by atoms with E-state index in [1.54, 1.807) is 24.3 Å². The van der Waals surface area contributed by atoms with Crippen molar-refractivity contribution < 1.29 is 17.9 Å². The molecule has 0 bridgehead atoms. The number of carbonyl (C=O) groups excluding carboxylic acids is 1. The molecule has 2 aromatic carbocycles. The van der Waals surface area contributed by atoms with Crippen LogP contribution in [0.4, 0.5) is 0 Å². The summed E-state index contributed by atoms with van der Waals surface area (Å²) in [5.41, 5.74) is 1.49. The summed E-state index contributed by atoms with van der Waals surface area (Å²) in [6.45, 7) is 6.86. The first-order valence-corrected chi connectivity index (χ1v) is 11.0. The molecule has 2 aliphatic heterocycles. The van der Waals surface area contributed by atoms with Crippen molar-refractivity contribution in [3.63, 3.8) is 0 Å². The molecule has 5 nitrogen and oxygen atoms in total. The molecule has 2 aliphatic rings. The first-order valence-electron chi connectivity index (χ1n) is 9.57. The molecule has 0 saturated carbocycles. The molecule has 0 aliphatic carbocycles. The van der Waals surface area contributed by atoms with Gasteiger partial charge >= 0.3 is 5.97 Å². The topological polar surface area (TPSA) is 63.7 Å². The largest absolute Gasteiger partial charge is 0.449 e. The molecule has 1 saturated heterocycles. The maximum absolute atomic E-state index is 13.3. The maximum atomic E-state index is 13.3. The van der Waals surface area contributed by atoms with Gasteiger partial charge in [-0.05, 0) is 42.0 Å². The fraction of sp³-hybridized carbons (Fsp3) is 0.409. The fourth-order valence-electron chi connectivity index (χ4n) is 4.11. The van der Waals surface area contributed by atoms with Crippen molar-refractivity contribution in [3.05, 3.63) is 65.2 Å². The SMILES string of the molecule is CC(C)(C)c1ccc(S(=O)(=O)N2CCCC3(C2)OC(=O)c2ccccc23)cc1. The van der Waals surface area contributed by atoms with Gasteiger partial charge in [-0.15, -0.1) is 0 Å². The van der Waals surface area contributed by atoms with E-state index in [1.165, 1.54) is 4.31 Å². The van der Waals surface area contributed by atoms with Crippen LogP contribution in [0.25, 0.3) is 0 Å². The van der Waals surface area contributed by atoms with E-state index in [2.05, 4.69) is 20.8 Å². The normalized spacial score (nSPS) is 22.9. The monoisotopic (exact) mass is 399 g/mol. The van der Waals surface area contributed by atoms with Crippen molar-refractivity contribution >= 4 is 16.0 Å². The van der Waals surface area contributed by atoms with Crippen LogP contribution in [0.2, 0.25) is 0 Å². The molecule has 0 N–H and O–H groups in total. The highest BCUT2D eigenvalue weighted by Gasteiger charge is 2.50. The number of hydrogen-bond acceptors (Lipinski definition) is 4. The fourth-order valence-corrected chi connectivity index (χ4v) is 5.64. The third-order valence-corrected chi connectivity index (χ3v) is 7.56. The number of carbonyl (C=O) groups is 1. The Balaban J connectivity index is 1.66. The zero-order valence-corrected chi connectivity index (χ0v) is 17.3. The Morgan fingerprint density at radius 3 is 2.39 bits per heavy atom. The predicted octanol–water partition coefficient (Wildman–Crippen LogP) is 3.83. The number of benzene rings is 2. The van der Waals surface area contributed by atoms with Crippen LogP contribution < -0.4 is 0 Å². The number of nitrogens with zero attached hydrogens (tertiary/aromatic N) is 1. The minimum Gasteiger partial charge on any atom is -0.449 e. The molecule has 0 aromatic heterocycles. The first-order chi connectivity index (χ1) is 13.1. The molecule has 148 valence electrons. The molecule has 4 rings (SSSR count). The van der Waals surface area contributed by atoms with Crippen LogP contribution in [0.5, 0.6) is 0 Å². The third-order valence-electron chi connectivity index (χ3n) is 5.70. The highest BCUT2D eigenvalue weighted by molar-refractivity contribution is 7.89. The van der Waals surface area contributed by atoms with Crippen molar-refractivity contribution in [2.24, 2.45) is 0 Å². The van der Waals surface area contributed by atoms with Crippen molar-refractivity contribution in [1.29, 1.82) is 0 Å². The molecule has 2 heterocycles. The van der Waals surface area contributed by atoms with Crippen LogP contribution in [-0.4, -0.2) is 31.8 Å².